The Labute approximate surface area is 115 Å². The van der Waals surface area contributed by atoms with Gasteiger partial charge in [0.2, 0.25) is 5.91 Å². The fourth-order valence-corrected chi connectivity index (χ4v) is 2.76. The van der Waals surface area contributed by atoms with Crippen LogP contribution in [0.5, 0.6) is 0 Å². The third-order valence-electron chi connectivity index (χ3n) is 2.83. The van der Waals surface area contributed by atoms with Gasteiger partial charge in [-0.05, 0) is 5.56 Å². The molecule has 2 rings (SSSR count). The first-order valence-corrected chi connectivity index (χ1v) is 7.14. The highest BCUT2D eigenvalue weighted by Crippen LogP contribution is 2.13. The molecule has 19 heavy (non-hydrogen) atoms. The Kier molecular flexibility index (Phi) is 4.75. The largest absolute Gasteiger partial charge is 0.351 e. The van der Waals surface area contributed by atoms with Crippen molar-refractivity contribution in [2.45, 2.75) is 12.6 Å². The molecule has 0 saturated carbocycles. The number of nitro benzene ring substituents is 1. The lowest BCUT2D eigenvalue weighted by atomic mass is 10.2. The van der Waals surface area contributed by atoms with E-state index in [9.17, 15) is 14.9 Å². The van der Waals surface area contributed by atoms with Crippen molar-refractivity contribution in [1.29, 1.82) is 0 Å². The van der Waals surface area contributed by atoms with Gasteiger partial charge >= 0.3 is 0 Å². The zero-order valence-electron chi connectivity index (χ0n) is 10.3. The van der Waals surface area contributed by atoms with Gasteiger partial charge in [-0.15, -0.1) is 0 Å². The SMILES string of the molecule is O=C(NCc1cccc([N+](=O)[O-])c1)C1CSCCN1. The molecule has 0 spiro atoms. The van der Waals surface area contributed by atoms with Gasteiger partial charge in [0.15, 0.2) is 0 Å². The first-order valence-electron chi connectivity index (χ1n) is 5.99. The number of hydrogen-bond acceptors (Lipinski definition) is 5. The molecule has 102 valence electrons. The van der Waals surface area contributed by atoms with Crippen LogP contribution in [0.4, 0.5) is 5.69 Å². The van der Waals surface area contributed by atoms with Crippen molar-refractivity contribution in [2.24, 2.45) is 0 Å². The average molecular weight is 281 g/mol. The number of nitro groups is 1. The van der Waals surface area contributed by atoms with E-state index in [1.54, 1.807) is 23.9 Å². The molecule has 0 bridgehead atoms. The van der Waals surface area contributed by atoms with Gasteiger partial charge in [-0.2, -0.15) is 11.8 Å². The van der Waals surface area contributed by atoms with E-state index in [4.69, 9.17) is 0 Å². The monoisotopic (exact) mass is 281 g/mol. The zero-order chi connectivity index (χ0) is 13.7. The maximum atomic E-state index is 11.9. The minimum atomic E-state index is -0.440. The van der Waals surface area contributed by atoms with E-state index in [0.29, 0.717) is 6.54 Å². The lowest BCUT2D eigenvalue weighted by Gasteiger charge is -2.22. The minimum absolute atomic E-state index is 0.0399. The molecular formula is C12H15N3O3S. The number of rotatable bonds is 4. The molecule has 1 fully saturated rings. The highest BCUT2D eigenvalue weighted by atomic mass is 32.2. The van der Waals surface area contributed by atoms with Crippen molar-refractivity contribution in [1.82, 2.24) is 10.6 Å². The Hall–Kier alpha value is -1.60. The van der Waals surface area contributed by atoms with Gasteiger partial charge in [0.1, 0.15) is 0 Å². The normalized spacial score (nSPS) is 18.8. The van der Waals surface area contributed by atoms with Crippen LogP contribution < -0.4 is 10.6 Å². The van der Waals surface area contributed by atoms with Crippen LogP contribution in [0, 0.1) is 10.1 Å². The summed E-state index contributed by atoms with van der Waals surface area (Å²) in [6.45, 7) is 1.14. The summed E-state index contributed by atoms with van der Waals surface area (Å²) in [6, 6.07) is 6.12. The summed E-state index contributed by atoms with van der Waals surface area (Å²) in [6.07, 6.45) is 0. The molecule has 1 saturated heterocycles. The molecule has 0 aromatic heterocycles. The lowest BCUT2D eigenvalue weighted by Crippen LogP contribution is -2.48. The molecule has 1 aromatic carbocycles. The van der Waals surface area contributed by atoms with Crippen molar-refractivity contribution in [3.63, 3.8) is 0 Å². The van der Waals surface area contributed by atoms with E-state index >= 15 is 0 Å². The summed E-state index contributed by atoms with van der Waals surface area (Å²) in [7, 11) is 0. The predicted octanol–water partition coefficient (Wildman–Crippen LogP) is 0.916. The standard InChI is InChI=1S/C12H15N3O3S/c16-12(11-8-19-5-4-13-11)14-7-9-2-1-3-10(6-9)15(17)18/h1-3,6,11,13H,4-5,7-8H2,(H,14,16). The lowest BCUT2D eigenvalue weighted by molar-refractivity contribution is -0.384. The van der Waals surface area contributed by atoms with Crippen molar-refractivity contribution in [3.8, 4) is 0 Å². The topological polar surface area (TPSA) is 84.3 Å². The Balaban J connectivity index is 1.89. The number of non-ortho nitro benzene ring substituents is 1. The van der Waals surface area contributed by atoms with Crippen molar-refractivity contribution in [2.75, 3.05) is 18.1 Å². The second-order valence-corrected chi connectivity index (χ2v) is 5.38. The number of carbonyl (C=O) groups excluding carboxylic acids is 1. The third-order valence-corrected chi connectivity index (χ3v) is 3.89. The fraction of sp³-hybridized carbons (Fsp3) is 0.417. The van der Waals surface area contributed by atoms with Crippen LogP contribution in [-0.2, 0) is 11.3 Å². The second kappa shape index (κ2) is 6.53. The minimum Gasteiger partial charge on any atom is -0.351 e. The number of benzene rings is 1. The fourth-order valence-electron chi connectivity index (χ4n) is 1.83. The smallest absolute Gasteiger partial charge is 0.269 e. The Morgan fingerprint density at radius 1 is 1.58 bits per heavy atom. The summed E-state index contributed by atoms with van der Waals surface area (Å²) in [4.78, 5) is 22.1. The van der Waals surface area contributed by atoms with Gasteiger partial charge < -0.3 is 10.6 Å². The van der Waals surface area contributed by atoms with E-state index in [2.05, 4.69) is 10.6 Å². The van der Waals surface area contributed by atoms with Crippen molar-refractivity contribution < 1.29 is 9.72 Å². The summed E-state index contributed by atoms with van der Waals surface area (Å²) >= 11 is 1.75. The second-order valence-electron chi connectivity index (χ2n) is 4.23. The Morgan fingerprint density at radius 3 is 3.11 bits per heavy atom. The summed E-state index contributed by atoms with van der Waals surface area (Å²) in [5.74, 6) is 1.73. The van der Waals surface area contributed by atoms with Crippen LogP contribution in [0.2, 0.25) is 0 Å². The van der Waals surface area contributed by atoms with Crippen LogP contribution >= 0.6 is 11.8 Å². The molecule has 1 heterocycles. The van der Waals surface area contributed by atoms with E-state index in [1.165, 1.54) is 12.1 Å². The predicted molar refractivity (Wildman–Crippen MR) is 74.1 cm³/mol. The maximum absolute atomic E-state index is 11.9. The van der Waals surface area contributed by atoms with E-state index in [-0.39, 0.29) is 17.6 Å². The number of amides is 1. The molecule has 0 radical (unpaired) electrons. The molecule has 1 aromatic rings. The first kappa shape index (κ1) is 13.8. The molecule has 2 N–H and O–H groups in total. The van der Waals surface area contributed by atoms with Crippen molar-refractivity contribution in [3.05, 3.63) is 39.9 Å². The number of nitrogens with one attached hydrogen (secondary N) is 2. The molecule has 7 heteroatoms. The zero-order valence-corrected chi connectivity index (χ0v) is 11.1. The molecule has 1 unspecified atom stereocenters. The number of nitrogens with zero attached hydrogens (tertiary/aromatic N) is 1. The van der Waals surface area contributed by atoms with E-state index in [0.717, 1.165) is 23.6 Å². The highest BCUT2D eigenvalue weighted by molar-refractivity contribution is 7.99. The van der Waals surface area contributed by atoms with Gasteiger partial charge in [-0.3, -0.25) is 14.9 Å². The Bertz CT molecular complexity index is 475. The summed E-state index contributed by atoms with van der Waals surface area (Å²) in [5.41, 5.74) is 0.768. The molecule has 6 nitrogen and oxygen atoms in total. The quantitative estimate of drug-likeness (QED) is 0.633. The molecule has 1 amide bonds. The number of carbonyl (C=O) groups is 1. The summed E-state index contributed by atoms with van der Waals surface area (Å²) in [5, 5.41) is 16.6. The third kappa shape index (κ3) is 3.93. The van der Waals surface area contributed by atoms with Gasteiger partial charge in [-0.25, -0.2) is 0 Å². The molecule has 1 aliphatic rings. The molecular weight excluding hydrogens is 266 g/mol. The van der Waals surface area contributed by atoms with Gasteiger partial charge in [0.25, 0.3) is 5.69 Å². The van der Waals surface area contributed by atoms with Crippen LogP contribution in [0.15, 0.2) is 24.3 Å². The molecule has 1 aliphatic heterocycles. The number of hydrogen-bond donors (Lipinski definition) is 2. The van der Waals surface area contributed by atoms with Crippen LogP contribution in [0.3, 0.4) is 0 Å². The average Bonchev–Trinajstić information content (AvgIpc) is 2.46. The molecule has 0 aliphatic carbocycles. The van der Waals surface area contributed by atoms with Crippen LogP contribution in [0.25, 0.3) is 0 Å². The van der Waals surface area contributed by atoms with Crippen molar-refractivity contribution >= 4 is 23.4 Å². The first-order chi connectivity index (χ1) is 9.16. The summed E-state index contributed by atoms with van der Waals surface area (Å²) < 4.78 is 0. The van der Waals surface area contributed by atoms with Gasteiger partial charge in [0, 0.05) is 36.7 Å². The van der Waals surface area contributed by atoms with E-state index in [1.807, 2.05) is 0 Å². The van der Waals surface area contributed by atoms with Crippen LogP contribution in [-0.4, -0.2) is 34.9 Å². The van der Waals surface area contributed by atoms with Gasteiger partial charge in [-0.1, -0.05) is 12.1 Å². The molecule has 1 atom stereocenters. The highest BCUT2D eigenvalue weighted by Gasteiger charge is 2.20. The Morgan fingerprint density at radius 2 is 2.42 bits per heavy atom. The maximum Gasteiger partial charge on any atom is 0.269 e. The van der Waals surface area contributed by atoms with Gasteiger partial charge in [0.05, 0.1) is 11.0 Å². The van der Waals surface area contributed by atoms with Crippen LogP contribution in [0.1, 0.15) is 5.56 Å². The number of thioether (sulfide) groups is 1. The van der Waals surface area contributed by atoms with E-state index < -0.39 is 4.92 Å².